The number of nitrogens with one attached hydrogen (secondary N) is 2. The van der Waals surface area contributed by atoms with Crippen molar-refractivity contribution in [1.82, 2.24) is 15.5 Å². The lowest BCUT2D eigenvalue weighted by atomic mass is 10.1. The summed E-state index contributed by atoms with van der Waals surface area (Å²) in [5, 5.41) is 6.47. The lowest BCUT2D eigenvalue weighted by molar-refractivity contribution is -0.153. The molecule has 6 nitrogen and oxygen atoms in total. The Kier molecular flexibility index (Phi) is 7.82. The van der Waals surface area contributed by atoms with Crippen LogP contribution in [0.5, 0.6) is 5.75 Å². The minimum atomic E-state index is -4.38. The van der Waals surface area contributed by atoms with Gasteiger partial charge in [-0.05, 0) is 44.9 Å². The van der Waals surface area contributed by atoms with Gasteiger partial charge in [0.25, 0.3) is 0 Å². The number of guanidine groups is 1. The number of hydrogen-bond acceptors (Lipinski definition) is 4. The normalized spacial score (nSPS) is 22.6. The molecule has 2 N–H and O–H groups in total. The van der Waals surface area contributed by atoms with Crippen LogP contribution in [0.1, 0.15) is 30.9 Å². The summed E-state index contributed by atoms with van der Waals surface area (Å²) in [5.41, 5.74) is 1.44. The fraction of sp³-hybridized carbons (Fsp3) is 0.667. The molecule has 0 spiro atoms. The van der Waals surface area contributed by atoms with Gasteiger partial charge in [0.1, 0.15) is 5.75 Å². The smallest absolute Gasteiger partial charge is 0.422 e. The topological polar surface area (TPSA) is 58.1 Å². The first kappa shape index (κ1) is 22.7. The summed E-state index contributed by atoms with van der Waals surface area (Å²) in [6, 6.07) is 5.76. The zero-order valence-electron chi connectivity index (χ0n) is 17.6. The number of hydrogen-bond donors (Lipinski definition) is 2. The number of benzene rings is 1. The third-order valence-electron chi connectivity index (χ3n) is 5.32. The van der Waals surface area contributed by atoms with Gasteiger partial charge in [-0.3, -0.25) is 4.90 Å². The summed E-state index contributed by atoms with van der Waals surface area (Å²) >= 11 is 0. The van der Waals surface area contributed by atoms with Gasteiger partial charge in [0.2, 0.25) is 0 Å². The molecule has 2 fully saturated rings. The van der Waals surface area contributed by atoms with Gasteiger partial charge in [-0.25, -0.2) is 4.99 Å². The molecule has 0 aliphatic carbocycles. The molecular weight excluding hydrogens is 397 g/mol. The third-order valence-corrected chi connectivity index (χ3v) is 5.32. The average molecular weight is 428 g/mol. The second-order valence-electron chi connectivity index (χ2n) is 7.84. The van der Waals surface area contributed by atoms with Crippen LogP contribution in [0.3, 0.4) is 0 Å². The highest BCUT2D eigenvalue weighted by molar-refractivity contribution is 5.79. The number of nitrogens with zero attached hydrogens (tertiary/aromatic N) is 2. The number of ether oxygens (including phenoxy) is 2. The van der Waals surface area contributed by atoms with E-state index in [-0.39, 0.29) is 18.4 Å². The van der Waals surface area contributed by atoms with Gasteiger partial charge >= 0.3 is 6.18 Å². The summed E-state index contributed by atoms with van der Waals surface area (Å²) in [6.07, 6.45) is -1.85. The number of fused-ring (bicyclic) bond motifs is 1. The molecule has 0 bridgehead atoms. The fourth-order valence-electron chi connectivity index (χ4n) is 3.81. The second-order valence-corrected chi connectivity index (χ2v) is 7.84. The highest BCUT2D eigenvalue weighted by Crippen LogP contribution is 2.25. The first-order chi connectivity index (χ1) is 14.3. The van der Waals surface area contributed by atoms with Gasteiger partial charge in [-0.15, -0.1) is 0 Å². The van der Waals surface area contributed by atoms with Crippen LogP contribution in [0, 0.1) is 6.92 Å². The van der Waals surface area contributed by atoms with E-state index < -0.39 is 12.8 Å². The third kappa shape index (κ3) is 6.77. The van der Waals surface area contributed by atoms with E-state index in [1.165, 1.54) is 12.8 Å². The Labute approximate surface area is 175 Å². The zero-order chi connectivity index (χ0) is 21.6. The predicted octanol–water partition coefficient (Wildman–Crippen LogP) is 2.85. The number of aryl methyl sites for hydroxylation is 1. The number of aliphatic imine (C=N–C) groups is 1. The Hall–Kier alpha value is -2.00. The number of halogens is 3. The molecule has 2 saturated heterocycles. The van der Waals surface area contributed by atoms with Crippen molar-refractivity contribution in [2.75, 3.05) is 39.4 Å². The molecule has 1 aromatic rings. The molecule has 30 heavy (non-hydrogen) atoms. The van der Waals surface area contributed by atoms with Crippen LogP contribution in [0.4, 0.5) is 13.2 Å². The van der Waals surface area contributed by atoms with Gasteiger partial charge in [0.05, 0.1) is 19.3 Å². The van der Waals surface area contributed by atoms with E-state index in [9.17, 15) is 13.2 Å². The Morgan fingerprint density at radius 2 is 2.17 bits per heavy atom. The molecule has 0 aromatic heterocycles. The van der Waals surface area contributed by atoms with E-state index in [0.717, 1.165) is 25.3 Å². The quantitative estimate of drug-likeness (QED) is 0.517. The SMILES string of the molecule is CCNC(=NCc1ccc(C)cc1OCC(F)(F)F)NCC1CN2CCCC2CO1. The maximum atomic E-state index is 12.6. The predicted molar refractivity (Wildman–Crippen MR) is 110 cm³/mol. The van der Waals surface area contributed by atoms with E-state index in [0.29, 0.717) is 30.7 Å². The van der Waals surface area contributed by atoms with Crippen LogP contribution in [0.25, 0.3) is 0 Å². The number of rotatable bonds is 7. The summed E-state index contributed by atoms with van der Waals surface area (Å²) in [7, 11) is 0. The Bertz CT molecular complexity index is 727. The first-order valence-corrected chi connectivity index (χ1v) is 10.5. The van der Waals surface area contributed by atoms with Crippen molar-refractivity contribution < 1.29 is 22.6 Å². The highest BCUT2D eigenvalue weighted by Gasteiger charge is 2.32. The number of morpholine rings is 1. The van der Waals surface area contributed by atoms with Crippen LogP contribution in [0.15, 0.2) is 23.2 Å². The van der Waals surface area contributed by atoms with Crippen LogP contribution in [-0.4, -0.2) is 68.6 Å². The van der Waals surface area contributed by atoms with Crippen LogP contribution >= 0.6 is 0 Å². The van der Waals surface area contributed by atoms with E-state index in [2.05, 4.69) is 20.5 Å². The van der Waals surface area contributed by atoms with Crippen molar-refractivity contribution >= 4 is 5.96 Å². The minimum Gasteiger partial charge on any atom is -0.484 e. The van der Waals surface area contributed by atoms with E-state index in [1.807, 2.05) is 19.9 Å². The summed E-state index contributed by atoms with van der Waals surface area (Å²) in [5.74, 6) is 0.814. The molecule has 9 heteroatoms. The maximum absolute atomic E-state index is 12.6. The molecular formula is C21H31F3N4O2. The average Bonchev–Trinajstić information content (AvgIpc) is 3.16. The molecule has 1 aromatic carbocycles. The van der Waals surface area contributed by atoms with Crippen molar-refractivity contribution in [3.63, 3.8) is 0 Å². The van der Waals surface area contributed by atoms with E-state index >= 15 is 0 Å². The van der Waals surface area contributed by atoms with Crippen molar-refractivity contribution in [3.05, 3.63) is 29.3 Å². The van der Waals surface area contributed by atoms with Crippen molar-refractivity contribution in [2.24, 2.45) is 4.99 Å². The molecule has 2 aliphatic heterocycles. The van der Waals surface area contributed by atoms with Crippen LogP contribution < -0.4 is 15.4 Å². The van der Waals surface area contributed by atoms with Crippen molar-refractivity contribution in [3.8, 4) is 5.75 Å². The molecule has 0 saturated carbocycles. The summed E-state index contributed by atoms with van der Waals surface area (Å²) in [6.45, 7) is 6.78. The van der Waals surface area contributed by atoms with Crippen molar-refractivity contribution in [1.29, 1.82) is 0 Å². The van der Waals surface area contributed by atoms with Gasteiger partial charge in [0.15, 0.2) is 12.6 Å². The molecule has 0 amide bonds. The Balaban J connectivity index is 1.58. The van der Waals surface area contributed by atoms with Gasteiger partial charge < -0.3 is 20.1 Å². The molecule has 168 valence electrons. The van der Waals surface area contributed by atoms with Gasteiger partial charge in [-0.2, -0.15) is 13.2 Å². The zero-order valence-corrected chi connectivity index (χ0v) is 17.6. The highest BCUT2D eigenvalue weighted by atomic mass is 19.4. The van der Waals surface area contributed by atoms with Gasteiger partial charge in [-0.1, -0.05) is 12.1 Å². The van der Waals surface area contributed by atoms with Crippen molar-refractivity contribution in [2.45, 2.75) is 51.6 Å². The monoisotopic (exact) mass is 428 g/mol. The molecule has 3 rings (SSSR count). The fourth-order valence-corrected chi connectivity index (χ4v) is 3.81. The lowest BCUT2D eigenvalue weighted by Gasteiger charge is -2.35. The van der Waals surface area contributed by atoms with E-state index in [4.69, 9.17) is 9.47 Å². The van der Waals surface area contributed by atoms with Crippen LogP contribution in [0.2, 0.25) is 0 Å². The molecule has 2 heterocycles. The first-order valence-electron chi connectivity index (χ1n) is 10.5. The molecule has 2 atom stereocenters. The summed E-state index contributed by atoms with van der Waals surface area (Å²) in [4.78, 5) is 7.02. The maximum Gasteiger partial charge on any atom is 0.422 e. The van der Waals surface area contributed by atoms with Crippen LogP contribution in [-0.2, 0) is 11.3 Å². The van der Waals surface area contributed by atoms with Gasteiger partial charge in [0, 0.05) is 31.2 Å². The molecule has 0 radical (unpaired) electrons. The molecule has 2 unspecified atom stereocenters. The standard InChI is InChI=1S/C21H31F3N4O2/c1-3-25-20(27-11-18-12-28-8-4-5-17(28)13-29-18)26-10-16-7-6-15(2)9-19(16)30-14-21(22,23)24/h6-7,9,17-18H,3-5,8,10-14H2,1-2H3,(H2,25,26,27). The summed E-state index contributed by atoms with van der Waals surface area (Å²) < 4.78 is 48.7. The number of alkyl halides is 3. The van der Waals surface area contributed by atoms with E-state index in [1.54, 1.807) is 12.1 Å². The second kappa shape index (κ2) is 10.3. The largest absolute Gasteiger partial charge is 0.484 e. The lowest BCUT2D eigenvalue weighted by Crippen LogP contribution is -2.51. The minimum absolute atomic E-state index is 0.0910. The Morgan fingerprint density at radius 3 is 2.93 bits per heavy atom. The Morgan fingerprint density at radius 1 is 1.33 bits per heavy atom. The molecule has 2 aliphatic rings.